The van der Waals surface area contributed by atoms with Crippen molar-refractivity contribution < 1.29 is 23.9 Å². The van der Waals surface area contributed by atoms with Gasteiger partial charge in [-0.15, -0.1) is 11.3 Å². The number of amides is 4. The van der Waals surface area contributed by atoms with E-state index >= 15 is 0 Å². The maximum absolute atomic E-state index is 12.9. The van der Waals surface area contributed by atoms with Crippen molar-refractivity contribution >= 4 is 64.5 Å². The monoisotopic (exact) mass is 657 g/mol. The Balaban J connectivity index is 1.57. The molecule has 3 aromatic rings. The smallest absolute Gasteiger partial charge is 0.335 e. The lowest BCUT2D eigenvalue weighted by molar-refractivity contribution is -0.122. The molecule has 4 N–H and O–H groups in total. The summed E-state index contributed by atoms with van der Waals surface area (Å²) in [6.07, 6.45) is 1.82. The molecular weight excluding hydrogens is 622 g/mol. The Morgan fingerprint density at radius 1 is 1.05 bits per heavy atom. The average molecular weight is 658 g/mol. The molecule has 0 unspecified atom stereocenters. The standard InChI is InChI=1S/C31H36ClN5O5S2/c1-3-26(35-30(40)28-14-13-24(17-38)44-28)27(20-43-19-22-7-5-6-8-25(22)32)36-37-31(41)34-16-15-21-9-11-23(12-10-21)42-18-29(39)33-4-2/h5-14,17,26H,3-4,15-16,18-20H2,1-2H3,(H,33,39)(H,35,40)(H2,34,37,41)/b36-27+/t26-/m0/s1. The first-order chi connectivity index (χ1) is 21.3. The summed E-state index contributed by atoms with van der Waals surface area (Å²) < 4.78 is 5.46. The van der Waals surface area contributed by atoms with Crippen molar-refractivity contribution in [2.75, 3.05) is 25.4 Å². The van der Waals surface area contributed by atoms with Gasteiger partial charge in [-0.3, -0.25) is 14.4 Å². The van der Waals surface area contributed by atoms with Gasteiger partial charge in [-0.05, 0) is 61.2 Å². The first-order valence-electron chi connectivity index (χ1n) is 14.1. The summed E-state index contributed by atoms with van der Waals surface area (Å²) in [4.78, 5) is 49.0. The van der Waals surface area contributed by atoms with E-state index in [9.17, 15) is 19.2 Å². The molecule has 1 heterocycles. The van der Waals surface area contributed by atoms with E-state index in [1.54, 1.807) is 36.0 Å². The van der Waals surface area contributed by atoms with Gasteiger partial charge < -0.3 is 20.7 Å². The van der Waals surface area contributed by atoms with E-state index in [2.05, 4.69) is 26.5 Å². The fourth-order valence-corrected chi connectivity index (χ4v) is 5.97. The number of carbonyl (C=O) groups excluding carboxylic acids is 4. The third-order valence-corrected chi connectivity index (χ3v) is 8.61. The molecular formula is C31H36ClN5O5S2. The van der Waals surface area contributed by atoms with Gasteiger partial charge in [0.05, 0.1) is 21.5 Å². The van der Waals surface area contributed by atoms with E-state index < -0.39 is 12.1 Å². The summed E-state index contributed by atoms with van der Waals surface area (Å²) in [6, 6.07) is 17.2. The van der Waals surface area contributed by atoms with E-state index in [1.165, 1.54) is 0 Å². The van der Waals surface area contributed by atoms with Gasteiger partial charge in [-0.25, -0.2) is 10.2 Å². The van der Waals surface area contributed by atoms with E-state index in [0.717, 1.165) is 22.5 Å². The van der Waals surface area contributed by atoms with Crippen LogP contribution in [0.25, 0.3) is 0 Å². The number of urea groups is 1. The van der Waals surface area contributed by atoms with Crippen LogP contribution in [0.4, 0.5) is 4.79 Å². The van der Waals surface area contributed by atoms with Gasteiger partial charge in [0.2, 0.25) is 0 Å². The first-order valence-corrected chi connectivity index (χ1v) is 16.4. The predicted molar refractivity (Wildman–Crippen MR) is 177 cm³/mol. The number of halogens is 1. The van der Waals surface area contributed by atoms with Gasteiger partial charge in [0.25, 0.3) is 11.8 Å². The highest BCUT2D eigenvalue weighted by atomic mass is 35.5. The van der Waals surface area contributed by atoms with Gasteiger partial charge in [-0.2, -0.15) is 16.9 Å². The molecule has 0 aliphatic heterocycles. The molecule has 0 spiro atoms. The van der Waals surface area contributed by atoms with E-state index in [-0.39, 0.29) is 18.4 Å². The van der Waals surface area contributed by atoms with Crippen LogP contribution < -0.4 is 26.1 Å². The average Bonchev–Trinajstić information content (AvgIpc) is 3.52. The number of thioether (sulfide) groups is 1. The van der Waals surface area contributed by atoms with Crippen molar-refractivity contribution in [3.8, 4) is 5.75 Å². The molecule has 0 fully saturated rings. The molecule has 0 saturated heterocycles. The largest absolute Gasteiger partial charge is 0.484 e. The summed E-state index contributed by atoms with van der Waals surface area (Å²) in [5.41, 5.74) is 5.11. The minimum Gasteiger partial charge on any atom is -0.484 e. The number of nitrogens with zero attached hydrogens (tertiary/aromatic N) is 1. The number of aldehydes is 1. The molecule has 4 amide bonds. The van der Waals surface area contributed by atoms with Gasteiger partial charge in [0.1, 0.15) is 5.75 Å². The highest BCUT2D eigenvalue weighted by Crippen LogP contribution is 2.22. The Morgan fingerprint density at radius 2 is 1.82 bits per heavy atom. The lowest BCUT2D eigenvalue weighted by Crippen LogP contribution is -2.43. The minimum absolute atomic E-state index is 0.0480. The molecule has 0 saturated carbocycles. The molecule has 10 nitrogen and oxygen atoms in total. The zero-order valence-electron chi connectivity index (χ0n) is 24.6. The zero-order chi connectivity index (χ0) is 31.7. The molecule has 234 valence electrons. The lowest BCUT2D eigenvalue weighted by Gasteiger charge is -2.19. The molecule has 0 radical (unpaired) electrons. The Hall–Kier alpha value is -3.87. The molecule has 1 atom stereocenters. The molecule has 0 aliphatic rings. The SMILES string of the molecule is CCNC(=O)COc1ccc(CCNC(=O)N/N=C(\CSCc2ccccc2Cl)[C@H](CC)NC(=O)c2ccc(C=O)s2)cc1. The third-order valence-electron chi connectivity index (χ3n) is 6.22. The van der Waals surface area contributed by atoms with Crippen molar-refractivity contribution in [2.45, 2.75) is 38.5 Å². The van der Waals surface area contributed by atoms with Crippen LogP contribution in [0.5, 0.6) is 5.75 Å². The summed E-state index contributed by atoms with van der Waals surface area (Å²) >= 11 is 8.98. The normalized spacial score (nSPS) is 11.8. The van der Waals surface area contributed by atoms with Gasteiger partial charge in [-0.1, -0.05) is 48.9 Å². The van der Waals surface area contributed by atoms with Crippen molar-refractivity contribution in [3.05, 3.63) is 86.6 Å². The summed E-state index contributed by atoms with van der Waals surface area (Å²) in [6.45, 7) is 4.62. The van der Waals surface area contributed by atoms with Crippen LogP contribution in [0.2, 0.25) is 5.02 Å². The topological polar surface area (TPSA) is 138 Å². The van der Waals surface area contributed by atoms with Gasteiger partial charge in [0.15, 0.2) is 12.9 Å². The van der Waals surface area contributed by atoms with Crippen molar-refractivity contribution in [2.24, 2.45) is 5.10 Å². The molecule has 0 bridgehead atoms. The summed E-state index contributed by atoms with van der Waals surface area (Å²) in [5.74, 6) is 1.14. The highest BCUT2D eigenvalue weighted by Gasteiger charge is 2.20. The molecule has 13 heteroatoms. The Labute approximate surface area is 270 Å². The van der Waals surface area contributed by atoms with Crippen LogP contribution in [0.3, 0.4) is 0 Å². The first kappa shape index (κ1) is 34.6. The summed E-state index contributed by atoms with van der Waals surface area (Å²) in [7, 11) is 0. The fraction of sp³-hybridized carbons (Fsp3) is 0.323. The number of nitrogens with one attached hydrogen (secondary N) is 4. The van der Waals surface area contributed by atoms with Crippen LogP contribution in [0, 0.1) is 0 Å². The minimum atomic E-state index is -0.476. The highest BCUT2D eigenvalue weighted by molar-refractivity contribution is 7.99. The maximum atomic E-state index is 12.9. The van der Waals surface area contributed by atoms with Crippen LogP contribution >= 0.6 is 34.7 Å². The number of benzene rings is 2. The number of hydrogen-bond acceptors (Lipinski definition) is 8. The van der Waals surface area contributed by atoms with Crippen LogP contribution in [-0.2, 0) is 17.0 Å². The van der Waals surface area contributed by atoms with E-state index in [4.69, 9.17) is 16.3 Å². The van der Waals surface area contributed by atoms with Crippen molar-refractivity contribution in [1.29, 1.82) is 0 Å². The molecule has 3 rings (SSSR count). The summed E-state index contributed by atoms with van der Waals surface area (Å²) in [5, 5.41) is 13.5. The van der Waals surface area contributed by atoms with Crippen LogP contribution in [0.15, 0.2) is 65.8 Å². The molecule has 2 aromatic carbocycles. The molecule has 1 aromatic heterocycles. The Bertz CT molecular complexity index is 1430. The van der Waals surface area contributed by atoms with Crippen LogP contribution in [-0.4, -0.2) is 61.3 Å². The van der Waals surface area contributed by atoms with Crippen molar-refractivity contribution in [1.82, 2.24) is 21.4 Å². The zero-order valence-corrected chi connectivity index (χ0v) is 26.9. The number of ether oxygens (including phenoxy) is 1. The lowest BCUT2D eigenvalue weighted by atomic mass is 10.1. The Morgan fingerprint density at radius 3 is 2.50 bits per heavy atom. The number of carbonyl (C=O) groups is 4. The predicted octanol–water partition coefficient (Wildman–Crippen LogP) is 5.07. The second-order valence-electron chi connectivity index (χ2n) is 9.45. The van der Waals surface area contributed by atoms with Crippen molar-refractivity contribution in [3.63, 3.8) is 0 Å². The quantitative estimate of drug-likeness (QED) is 0.0909. The van der Waals surface area contributed by atoms with Gasteiger partial charge >= 0.3 is 6.03 Å². The third kappa shape index (κ3) is 11.7. The number of hydrazone groups is 1. The Kier molecular flexibility index (Phi) is 14.7. The second-order valence-corrected chi connectivity index (χ2v) is 12.0. The van der Waals surface area contributed by atoms with Crippen LogP contribution in [0.1, 0.15) is 50.7 Å². The second kappa shape index (κ2) is 18.7. The number of hydrogen-bond donors (Lipinski definition) is 4. The number of likely N-dealkylation sites (N-methyl/N-ethyl adjacent to an activating group) is 1. The van der Waals surface area contributed by atoms with Gasteiger partial charge in [0, 0.05) is 29.6 Å². The molecule has 44 heavy (non-hydrogen) atoms. The van der Waals surface area contributed by atoms with E-state index in [0.29, 0.717) is 70.0 Å². The maximum Gasteiger partial charge on any atom is 0.335 e. The van der Waals surface area contributed by atoms with E-state index in [1.807, 2.05) is 50.2 Å². The number of thiophene rings is 1. The fourth-order valence-electron chi connectivity index (χ4n) is 3.91. The molecule has 0 aliphatic carbocycles. The number of rotatable bonds is 17.